The minimum atomic E-state index is -0.325. The Hall–Kier alpha value is -2.19. The summed E-state index contributed by atoms with van der Waals surface area (Å²) >= 11 is 5.32. The highest BCUT2D eigenvalue weighted by atomic mass is 32.1. The first-order chi connectivity index (χ1) is 9.51. The fourth-order valence-corrected chi connectivity index (χ4v) is 2.50. The minimum absolute atomic E-state index is 0.131. The second-order valence-corrected chi connectivity index (χ2v) is 4.96. The quantitative estimate of drug-likeness (QED) is 0.797. The van der Waals surface area contributed by atoms with Gasteiger partial charge < -0.3 is 4.57 Å². The Balaban J connectivity index is 2.91. The van der Waals surface area contributed by atoms with Crippen LogP contribution in [-0.2, 0) is 13.6 Å². The Labute approximate surface area is 122 Å². The van der Waals surface area contributed by atoms with Gasteiger partial charge in [0.05, 0.1) is 5.69 Å². The lowest BCUT2D eigenvalue weighted by atomic mass is 10.1. The molecule has 2 aromatic rings. The number of hydrogen-bond donors (Lipinski definition) is 0. The first-order valence-electron chi connectivity index (χ1n) is 6.32. The summed E-state index contributed by atoms with van der Waals surface area (Å²) in [6.07, 6.45) is 0. The lowest BCUT2D eigenvalue weighted by Crippen LogP contribution is -2.27. The van der Waals surface area contributed by atoms with Crippen molar-refractivity contribution in [1.29, 1.82) is 5.26 Å². The zero-order valence-electron chi connectivity index (χ0n) is 11.7. The second kappa shape index (κ2) is 5.43. The zero-order valence-corrected chi connectivity index (χ0v) is 12.5. The Bertz CT molecular complexity index is 807. The standard InChI is InChI=1S/C15H15N3OS/c1-4-18-14(19)12(9-16)13(17(3)15(18)20)11-7-5-10(2)6-8-11/h5-8H,4H2,1-3H3. The molecule has 1 aromatic heterocycles. The number of nitriles is 1. The van der Waals surface area contributed by atoms with Gasteiger partial charge in [0.1, 0.15) is 11.6 Å². The van der Waals surface area contributed by atoms with Gasteiger partial charge in [-0.2, -0.15) is 5.26 Å². The molecule has 0 amide bonds. The summed E-state index contributed by atoms with van der Waals surface area (Å²) in [6, 6.07) is 9.72. The van der Waals surface area contributed by atoms with E-state index in [0.29, 0.717) is 17.0 Å². The van der Waals surface area contributed by atoms with Crippen molar-refractivity contribution in [2.24, 2.45) is 7.05 Å². The fraction of sp³-hybridized carbons (Fsp3) is 0.267. The van der Waals surface area contributed by atoms with Crippen LogP contribution in [0.4, 0.5) is 0 Å². The monoisotopic (exact) mass is 285 g/mol. The minimum Gasteiger partial charge on any atom is -0.320 e. The van der Waals surface area contributed by atoms with Crippen LogP contribution >= 0.6 is 12.2 Å². The van der Waals surface area contributed by atoms with Gasteiger partial charge >= 0.3 is 0 Å². The van der Waals surface area contributed by atoms with Crippen molar-refractivity contribution in [2.45, 2.75) is 20.4 Å². The van der Waals surface area contributed by atoms with Gasteiger partial charge in [0.15, 0.2) is 4.77 Å². The van der Waals surface area contributed by atoms with Crippen LogP contribution in [0.25, 0.3) is 11.3 Å². The molecule has 0 aliphatic heterocycles. The summed E-state index contributed by atoms with van der Waals surface area (Å²) in [5.41, 5.74) is 2.32. The molecule has 5 heteroatoms. The van der Waals surface area contributed by atoms with Gasteiger partial charge in [-0.15, -0.1) is 0 Å². The number of hydrogen-bond acceptors (Lipinski definition) is 3. The highest BCUT2D eigenvalue weighted by molar-refractivity contribution is 7.71. The third kappa shape index (κ3) is 2.19. The second-order valence-electron chi connectivity index (χ2n) is 4.59. The van der Waals surface area contributed by atoms with Gasteiger partial charge in [0.2, 0.25) is 0 Å². The number of aryl methyl sites for hydroxylation is 1. The van der Waals surface area contributed by atoms with Crippen molar-refractivity contribution in [1.82, 2.24) is 9.13 Å². The SMILES string of the molecule is CCn1c(=O)c(C#N)c(-c2ccc(C)cc2)n(C)c1=S. The van der Waals surface area contributed by atoms with E-state index >= 15 is 0 Å². The summed E-state index contributed by atoms with van der Waals surface area (Å²) in [6.45, 7) is 4.28. The van der Waals surface area contributed by atoms with Crippen LogP contribution in [0.1, 0.15) is 18.1 Å². The predicted octanol–water partition coefficient (Wildman–Crippen LogP) is 2.78. The molecule has 0 saturated heterocycles. The summed E-state index contributed by atoms with van der Waals surface area (Å²) in [7, 11) is 1.78. The molecule has 0 radical (unpaired) electrons. The van der Waals surface area contributed by atoms with Crippen LogP contribution in [-0.4, -0.2) is 9.13 Å². The Morgan fingerprint density at radius 3 is 2.40 bits per heavy atom. The van der Waals surface area contributed by atoms with Crippen LogP contribution in [0.5, 0.6) is 0 Å². The van der Waals surface area contributed by atoms with Crippen LogP contribution in [0.15, 0.2) is 29.1 Å². The lowest BCUT2D eigenvalue weighted by molar-refractivity contribution is 0.648. The van der Waals surface area contributed by atoms with Gasteiger partial charge in [0.25, 0.3) is 5.56 Å². The van der Waals surface area contributed by atoms with Gasteiger partial charge in [-0.05, 0) is 31.6 Å². The molecule has 0 aliphatic carbocycles. The normalized spacial score (nSPS) is 10.3. The molecular formula is C15H15N3OS. The maximum absolute atomic E-state index is 12.3. The first kappa shape index (κ1) is 14.2. The smallest absolute Gasteiger partial charge is 0.272 e. The van der Waals surface area contributed by atoms with E-state index in [1.165, 1.54) is 4.57 Å². The van der Waals surface area contributed by atoms with Crippen molar-refractivity contribution >= 4 is 12.2 Å². The van der Waals surface area contributed by atoms with Crippen LogP contribution in [0.2, 0.25) is 0 Å². The van der Waals surface area contributed by atoms with E-state index in [4.69, 9.17) is 12.2 Å². The van der Waals surface area contributed by atoms with Gasteiger partial charge in [-0.3, -0.25) is 9.36 Å². The summed E-state index contributed by atoms with van der Waals surface area (Å²) in [5, 5.41) is 9.34. The van der Waals surface area contributed by atoms with Crippen LogP contribution in [0, 0.1) is 23.0 Å². The molecule has 0 spiro atoms. The van der Waals surface area contributed by atoms with E-state index in [1.54, 1.807) is 11.6 Å². The fourth-order valence-electron chi connectivity index (χ4n) is 2.20. The largest absolute Gasteiger partial charge is 0.320 e. The van der Waals surface area contributed by atoms with E-state index in [0.717, 1.165) is 11.1 Å². The van der Waals surface area contributed by atoms with E-state index in [1.807, 2.05) is 44.2 Å². The zero-order chi connectivity index (χ0) is 14.9. The molecule has 0 aliphatic rings. The molecule has 0 unspecified atom stereocenters. The molecule has 0 bridgehead atoms. The molecule has 1 aromatic carbocycles. The molecule has 1 heterocycles. The topological polar surface area (TPSA) is 50.7 Å². The Kier molecular flexibility index (Phi) is 3.86. The third-order valence-electron chi connectivity index (χ3n) is 3.30. The number of benzene rings is 1. The van der Waals surface area contributed by atoms with Crippen LogP contribution in [0.3, 0.4) is 0 Å². The highest BCUT2D eigenvalue weighted by Crippen LogP contribution is 2.21. The number of rotatable bonds is 2. The van der Waals surface area contributed by atoms with E-state index in [9.17, 15) is 10.1 Å². The summed E-state index contributed by atoms with van der Waals surface area (Å²) in [4.78, 5) is 12.3. The third-order valence-corrected chi connectivity index (χ3v) is 3.80. The molecule has 0 saturated carbocycles. The molecule has 0 fully saturated rings. The van der Waals surface area contributed by atoms with Gasteiger partial charge in [-0.1, -0.05) is 29.8 Å². The average Bonchev–Trinajstić information content (AvgIpc) is 2.44. The number of aromatic nitrogens is 2. The van der Waals surface area contributed by atoms with Crippen molar-refractivity contribution in [2.75, 3.05) is 0 Å². The Morgan fingerprint density at radius 2 is 1.90 bits per heavy atom. The first-order valence-corrected chi connectivity index (χ1v) is 6.73. The molecule has 2 rings (SSSR count). The predicted molar refractivity (Wildman–Crippen MR) is 81.1 cm³/mol. The maximum Gasteiger partial charge on any atom is 0.272 e. The molecule has 4 nitrogen and oxygen atoms in total. The van der Waals surface area contributed by atoms with Crippen LogP contribution < -0.4 is 5.56 Å². The molecule has 0 atom stereocenters. The van der Waals surface area contributed by atoms with Crippen molar-refractivity contribution in [3.05, 3.63) is 50.5 Å². The molecule has 20 heavy (non-hydrogen) atoms. The van der Waals surface area contributed by atoms with Crippen molar-refractivity contribution in [3.63, 3.8) is 0 Å². The highest BCUT2D eigenvalue weighted by Gasteiger charge is 2.16. The van der Waals surface area contributed by atoms with Crippen molar-refractivity contribution < 1.29 is 0 Å². The van der Waals surface area contributed by atoms with Crippen molar-refractivity contribution in [3.8, 4) is 17.3 Å². The van der Waals surface area contributed by atoms with Gasteiger partial charge in [0, 0.05) is 13.6 Å². The molecule has 0 N–H and O–H groups in total. The van der Waals surface area contributed by atoms with E-state index in [2.05, 4.69) is 0 Å². The summed E-state index contributed by atoms with van der Waals surface area (Å²) < 4.78 is 3.58. The summed E-state index contributed by atoms with van der Waals surface area (Å²) in [5.74, 6) is 0. The Morgan fingerprint density at radius 1 is 1.30 bits per heavy atom. The van der Waals surface area contributed by atoms with E-state index < -0.39 is 0 Å². The molecule has 102 valence electrons. The molecular weight excluding hydrogens is 270 g/mol. The maximum atomic E-state index is 12.3. The van der Waals surface area contributed by atoms with E-state index in [-0.39, 0.29) is 11.1 Å². The average molecular weight is 285 g/mol. The van der Waals surface area contributed by atoms with Gasteiger partial charge in [-0.25, -0.2) is 0 Å². The number of nitrogens with zero attached hydrogens (tertiary/aromatic N) is 3. The lowest BCUT2D eigenvalue weighted by Gasteiger charge is -2.14.